The zero-order valence-electron chi connectivity index (χ0n) is 11.5. The highest BCUT2D eigenvalue weighted by Crippen LogP contribution is 2.37. The third kappa shape index (κ3) is 3.16. The van der Waals surface area contributed by atoms with Crippen molar-refractivity contribution >= 4 is 17.5 Å². The van der Waals surface area contributed by atoms with Crippen LogP contribution in [-0.2, 0) is 4.74 Å². The van der Waals surface area contributed by atoms with Crippen LogP contribution in [0.3, 0.4) is 0 Å². The van der Waals surface area contributed by atoms with Gasteiger partial charge in [-0.3, -0.25) is 0 Å². The third-order valence-electron chi connectivity index (χ3n) is 3.81. The molecule has 1 heterocycles. The molecule has 1 aliphatic rings. The van der Waals surface area contributed by atoms with Crippen molar-refractivity contribution in [3.8, 4) is 0 Å². The van der Waals surface area contributed by atoms with Crippen LogP contribution in [0.2, 0.25) is 0 Å². The van der Waals surface area contributed by atoms with E-state index in [4.69, 9.17) is 5.73 Å². The Bertz CT molecular complexity index is 468. The minimum absolute atomic E-state index is 0.274. The molecule has 1 aromatic rings. The number of anilines is 2. The Morgan fingerprint density at radius 1 is 1.47 bits per heavy atom. The zero-order valence-corrected chi connectivity index (χ0v) is 11.5. The van der Waals surface area contributed by atoms with E-state index in [1.54, 1.807) is 12.1 Å². The number of esters is 1. The van der Waals surface area contributed by atoms with Gasteiger partial charge in [0, 0.05) is 6.54 Å². The molecule has 0 bridgehead atoms. The Labute approximate surface area is 113 Å². The first-order valence-electron chi connectivity index (χ1n) is 6.63. The monoisotopic (exact) mass is 263 g/mol. The van der Waals surface area contributed by atoms with E-state index < -0.39 is 5.97 Å². The van der Waals surface area contributed by atoms with Crippen LogP contribution < -0.4 is 11.1 Å². The number of nitrogens with two attached hydrogens (primary N) is 1. The van der Waals surface area contributed by atoms with Gasteiger partial charge in [0.1, 0.15) is 5.82 Å². The summed E-state index contributed by atoms with van der Waals surface area (Å²) in [6.07, 6.45) is 5.00. The van der Waals surface area contributed by atoms with Crippen LogP contribution in [0.5, 0.6) is 0 Å². The van der Waals surface area contributed by atoms with E-state index in [0.29, 0.717) is 16.9 Å². The summed E-state index contributed by atoms with van der Waals surface area (Å²) in [4.78, 5) is 15.7. The Balaban J connectivity index is 2.08. The first-order chi connectivity index (χ1) is 9.04. The van der Waals surface area contributed by atoms with Crippen LogP contribution in [0.4, 0.5) is 11.5 Å². The number of carbonyl (C=O) groups is 1. The fourth-order valence-electron chi connectivity index (χ4n) is 2.53. The van der Waals surface area contributed by atoms with Gasteiger partial charge in [0.2, 0.25) is 0 Å². The number of hydrogen-bond acceptors (Lipinski definition) is 5. The standard InChI is InChI=1S/C14H21N3O2/c1-14(7-3-4-8-14)9-16-12-10(15)5-6-11(17-12)13(18)19-2/h5-6H,3-4,7-9,15H2,1-2H3,(H,16,17). The van der Waals surface area contributed by atoms with Crippen molar-refractivity contribution in [2.75, 3.05) is 24.7 Å². The lowest BCUT2D eigenvalue weighted by Crippen LogP contribution is -2.24. The Morgan fingerprint density at radius 2 is 2.16 bits per heavy atom. The molecule has 0 aliphatic heterocycles. The fourth-order valence-corrected chi connectivity index (χ4v) is 2.53. The highest BCUT2D eigenvalue weighted by atomic mass is 16.5. The second-order valence-electron chi connectivity index (χ2n) is 5.50. The summed E-state index contributed by atoms with van der Waals surface area (Å²) in [6, 6.07) is 3.25. The maximum atomic E-state index is 11.4. The smallest absolute Gasteiger partial charge is 0.356 e. The molecule has 5 heteroatoms. The summed E-state index contributed by atoms with van der Waals surface area (Å²) in [5, 5.41) is 3.27. The summed E-state index contributed by atoms with van der Waals surface area (Å²) in [7, 11) is 1.34. The molecule has 0 radical (unpaired) electrons. The largest absolute Gasteiger partial charge is 0.464 e. The number of rotatable bonds is 4. The SMILES string of the molecule is COC(=O)c1ccc(N)c(NCC2(C)CCCC2)n1. The van der Waals surface area contributed by atoms with Gasteiger partial charge in [-0.05, 0) is 30.4 Å². The number of methoxy groups -OCH3 is 1. The van der Waals surface area contributed by atoms with Crippen molar-refractivity contribution in [3.63, 3.8) is 0 Å². The van der Waals surface area contributed by atoms with Gasteiger partial charge in [-0.25, -0.2) is 9.78 Å². The van der Waals surface area contributed by atoms with Gasteiger partial charge < -0.3 is 15.8 Å². The number of aromatic nitrogens is 1. The number of nitrogens with one attached hydrogen (secondary N) is 1. The number of carbonyl (C=O) groups excluding carboxylic acids is 1. The molecular weight excluding hydrogens is 242 g/mol. The summed E-state index contributed by atoms with van der Waals surface area (Å²) < 4.78 is 4.66. The molecule has 0 unspecified atom stereocenters. The third-order valence-corrected chi connectivity index (χ3v) is 3.81. The van der Waals surface area contributed by atoms with Gasteiger partial charge in [-0.1, -0.05) is 19.8 Å². The van der Waals surface area contributed by atoms with Gasteiger partial charge in [0.15, 0.2) is 5.69 Å². The van der Waals surface area contributed by atoms with Crippen LogP contribution in [0.15, 0.2) is 12.1 Å². The molecule has 0 spiro atoms. The normalized spacial score (nSPS) is 17.2. The molecule has 0 atom stereocenters. The van der Waals surface area contributed by atoms with Crippen LogP contribution in [-0.4, -0.2) is 24.6 Å². The van der Waals surface area contributed by atoms with Crippen LogP contribution >= 0.6 is 0 Å². The first kappa shape index (κ1) is 13.6. The van der Waals surface area contributed by atoms with Crippen molar-refractivity contribution in [3.05, 3.63) is 17.8 Å². The second kappa shape index (κ2) is 5.47. The van der Waals surface area contributed by atoms with Crippen molar-refractivity contribution in [1.82, 2.24) is 4.98 Å². The van der Waals surface area contributed by atoms with Crippen molar-refractivity contribution in [2.24, 2.45) is 5.41 Å². The van der Waals surface area contributed by atoms with E-state index in [2.05, 4.69) is 22.0 Å². The number of nitrogens with zero attached hydrogens (tertiary/aromatic N) is 1. The molecule has 0 aromatic carbocycles. The summed E-state index contributed by atoms with van der Waals surface area (Å²) >= 11 is 0. The summed E-state index contributed by atoms with van der Waals surface area (Å²) in [5.74, 6) is 0.117. The Kier molecular flexibility index (Phi) is 3.93. The summed E-state index contributed by atoms with van der Waals surface area (Å²) in [6.45, 7) is 3.10. The molecule has 104 valence electrons. The molecule has 0 amide bonds. The van der Waals surface area contributed by atoms with Crippen LogP contribution in [0.25, 0.3) is 0 Å². The highest BCUT2D eigenvalue weighted by molar-refractivity contribution is 5.88. The lowest BCUT2D eigenvalue weighted by Gasteiger charge is -2.24. The molecule has 2 rings (SSSR count). The Hall–Kier alpha value is -1.78. The molecule has 1 aliphatic carbocycles. The molecule has 1 fully saturated rings. The first-order valence-corrected chi connectivity index (χ1v) is 6.63. The molecule has 5 nitrogen and oxygen atoms in total. The van der Waals surface area contributed by atoms with Crippen molar-refractivity contribution in [2.45, 2.75) is 32.6 Å². The number of pyridine rings is 1. The lowest BCUT2D eigenvalue weighted by atomic mass is 9.89. The lowest BCUT2D eigenvalue weighted by molar-refractivity contribution is 0.0594. The fraction of sp³-hybridized carbons (Fsp3) is 0.571. The minimum atomic E-state index is -0.449. The van der Waals surface area contributed by atoms with E-state index in [9.17, 15) is 4.79 Å². The van der Waals surface area contributed by atoms with Gasteiger partial charge >= 0.3 is 5.97 Å². The van der Waals surface area contributed by atoms with E-state index in [1.807, 2.05) is 0 Å². The van der Waals surface area contributed by atoms with E-state index in [0.717, 1.165) is 6.54 Å². The van der Waals surface area contributed by atoms with E-state index >= 15 is 0 Å². The van der Waals surface area contributed by atoms with E-state index in [-0.39, 0.29) is 5.69 Å². The second-order valence-corrected chi connectivity index (χ2v) is 5.50. The van der Waals surface area contributed by atoms with Crippen LogP contribution in [0.1, 0.15) is 43.1 Å². The average molecular weight is 263 g/mol. The molecule has 3 N–H and O–H groups in total. The topological polar surface area (TPSA) is 77.2 Å². The molecule has 0 saturated heterocycles. The van der Waals surface area contributed by atoms with Crippen molar-refractivity contribution < 1.29 is 9.53 Å². The minimum Gasteiger partial charge on any atom is -0.464 e. The van der Waals surface area contributed by atoms with Crippen molar-refractivity contribution in [1.29, 1.82) is 0 Å². The molecule has 1 saturated carbocycles. The van der Waals surface area contributed by atoms with Crippen LogP contribution in [0, 0.1) is 5.41 Å². The van der Waals surface area contributed by atoms with E-state index in [1.165, 1.54) is 32.8 Å². The summed E-state index contributed by atoms with van der Waals surface area (Å²) in [5.41, 5.74) is 7.01. The predicted octanol–water partition coefficient (Wildman–Crippen LogP) is 2.44. The average Bonchev–Trinajstić information content (AvgIpc) is 2.84. The van der Waals surface area contributed by atoms with Gasteiger partial charge in [-0.15, -0.1) is 0 Å². The highest BCUT2D eigenvalue weighted by Gasteiger charge is 2.28. The predicted molar refractivity (Wildman–Crippen MR) is 75.1 cm³/mol. The van der Waals surface area contributed by atoms with Gasteiger partial charge in [0.05, 0.1) is 12.8 Å². The molecule has 1 aromatic heterocycles. The molecular formula is C14H21N3O2. The zero-order chi connectivity index (χ0) is 13.9. The quantitative estimate of drug-likeness (QED) is 0.816. The maximum absolute atomic E-state index is 11.4. The van der Waals surface area contributed by atoms with Gasteiger partial charge in [0.25, 0.3) is 0 Å². The van der Waals surface area contributed by atoms with Gasteiger partial charge in [-0.2, -0.15) is 0 Å². The number of hydrogen-bond donors (Lipinski definition) is 2. The number of ether oxygens (including phenoxy) is 1. The Morgan fingerprint density at radius 3 is 2.79 bits per heavy atom. The maximum Gasteiger partial charge on any atom is 0.356 e. The number of nitrogen functional groups attached to an aromatic ring is 1. The molecule has 19 heavy (non-hydrogen) atoms.